The minimum absolute atomic E-state index is 0.450. The first kappa shape index (κ1) is 18.9. The van der Waals surface area contributed by atoms with Gasteiger partial charge in [-0.3, -0.25) is 0 Å². The third-order valence-corrected chi connectivity index (χ3v) is 2.87. The zero-order chi connectivity index (χ0) is 14.2. The fraction of sp³-hybridized carbons (Fsp3) is 1.00. The molecule has 0 aromatic carbocycles. The summed E-state index contributed by atoms with van der Waals surface area (Å²) in [5, 5.41) is 9.21. The van der Waals surface area contributed by atoms with Crippen LogP contribution in [0.15, 0.2) is 0 Å². The Morgan fingerprint density at radius 2 is 0.944 bits per heavy atom. The van der Waals surface area contributed by atoms with Crippen LogP contribution in [0.1, 0.15) is 0 Å². The van der Waals surface area contributed by atoms with E-state index >= 15 is 0 Å². The van der Waals surface area contributed by atoms with Gasteiger partial charge in [0.2, 0.25) is 0 Å². The second-order valence-corrected chi connectivity index (χ2v) is 5.53. The highest BCUT2D eigenvalue weighted by Gasteiger charge is 2.34. The molecule has 0 fully saturated rings. The molecule has 0 saturated heterocycles. The Morgan fingerprint density at radius 3 is 1.11 bits per heavy atom. The van der Waals surface area contributed by atoms with Crippen molar-refractivity contribution in [1.29, 1.82) is 0 Å². The molecular formula is C5H15O10P3. The highest BCUT2D eigenvalue weighted by molar-refractivity contribution is 7.39. The molecule has 110 valence electrons. The number of rotatable bonds is 10. The van der Waals surface area contributed by atoms with Crippen LogP contribution < -0.4 is 0 Å². The SMILES string of the molecule is OCC(COP(O)O)(COP(O)O)COP(O)O. The van der Waals surface area contributed by atoms with Crippen molar-refractivity contribution in [3.05, 3.63) is 0 Å². The van der Waals surface area contributed by atoms with E-state index in [9.17, 15) is 5.11 Å². The molecule has 18 heavy (non-hydrogen) atoms. The van der Waals surface area contributed by atoms with Gasteiger partial charge in [0.25, 0.3) is 0 Å². The zero-order valence-corrected chi connectivity index (χ0v) is 11.7. The van der Waals surface area contributed by atoms with Gasteiger partial charge >= 0.3 is 25.8 Å². The van der Waals surface area contributed by atoms with Gasteiger partial charge in [-0.1, -0.05) is 0 Å². The minimum atomic E-state index is -2.68. The first-order chi connectivity index (χ1) is 8.31. The van der Waals surface area contributed by atoms with E-state index < -0.39 is 57.6 Å². The molecular weight excluding hydrogens is 313 g/mol. The predicted octanol–water partition coefficient (Wildman–Crippen LogP) is -1.35. The molecule has 0 saturated carbocycles. The summed E-state index contributed by atoms with van der Waals surface area (Å²) in [5.74, 6) is 0. The third kappa shape index (κ3) is 8.90. The Kier molecular flexibility index (Phi) is 10.2. The van der Waals surface area contributed by atoms with Gasteiger partial charge in [0.05, 0.1) is 31.8 Å². The maximum atomic E-state index is 9.21. The zero-order valence-electron chi connectivity index (χ0n) is 9.03. The standard InChI is InChI=1S/C5H15O10P3/c6-1-5(2-13-16(7)8,3-14-17(9)10)4-15-18(11)12/h6-12H,1-4H2. The Morgan fingerprint density at radius 1 is 0.667 bits per heavy atom. The van der Waals surface area contributed by atoms with E-state index in [1.54, 1.807) is 0 Å². The van der Waals surface area contributed by atoms with Gasteiger partial charge in [-0.15, -0.1) is 0 Å². The van der Waals surface area contributed by atoms with E-state index in [0.717, 1.165) is 0 Å². The van der Waals surface area contributed by atoms with Crippen LogP contribution in [0.5, 0.6) is 0 Å². The van der Waals surface area contributed by atoms with Gasteiger partial charge in [0.1, 0.15) is 0 Å². The summed E-state index contributed by atoms with van der Waals surface area (Å²) >= 11 is 0. The maximum Gasteiger partial charge on any atom is 0.327 e. The quantitative estimate of drug-likeness (QED) is 0.238. The van der Waals surface area contributed by atoms with Gasteiger partial charge in [-0.25, -0.2) is 0 Å². The lowest BCUT2D eigenvalue weighted by Gasteiger charge is -2.30. The average Bonchev–Trinajstić information content (AvgIpc) is 2.28. The molecule has 0 amide bonds. The summed E-state index contributed by atoms with van der Waals surface area (Å²) in [6.07, 6.45) is 0. The predicted molar refractivity (Wildman–Crippen MR) is 61.4 cm³/mol. The van der Waals surface area contributed by atoms with E-state index in [2.05, 4.69) is 13.6 Å². The summed E-state index contributed by atoms with van der Waals surface area (Å²) in [7, 11) is -8.05. The summed E-state index contributed by atoms with van der Waals surface area (Å²) in [5.41, 5.74) is -1.38. The topological polar surface area (TPSA) is 169 Å². The molecule has 0 aliphatic heterocycles. The Bertz CT molecular complexity index is 182. The fourth-order valence-corrected chi connectivity index (χ4v) is 2.01. The lowest BCUT2D eigenvalue weighted by Crippen LogP contribution is -2.39. The molecule has 0 atom stereocenters. The first-order valence-electron chi connectivity index (χ1n) is 4.34. The summed E-state index contributed by atoms with van der Waals surface area (Å²) in [6.45, 7) is -1.99. The van der Waals surface area contributed by atoms with Crippen LogP contribution in [0.3, 0.4) is 0 Å². The molecule has 0 unspecified atom stereocenters. The molecule has 0 rings (SSSR count). The molecule has 0 aromatic heterocycles. The van der Waals surface area contributed by atoms with E-state index in [1.165, 1.54) is 0 Å². The second-order valence-electron chi connectivity index (χ2n) is 3.24. The normalized spacial score (nSPS) is 13.0. The van der Waals surface area contributed by atoms with Crippen LogP contribution in [-0.2, 0) is 13.6 Å². The van der Waals surface area contributed by atoms with E-state index in [-0.39, 0.29) is 0 Å². The largest absolute Gasteiger partial charge is 0.396 e. The number of aliphatic hydroxyl groups excluding tert-OH is 1. The Labute approximate surface area is 106 Å². The lowest BCUT2D eigenvalue weighted by molar-refractivity contribution is -0.0184. The molecule has 10 nitrogen and oxygen atoms in total. The van der Waals surface area contributed by atoms with Gasteiger partial charge in [0, 0.05) is 0 Å². The molecule has 0 spiro atoms. The fourth-order valence-electron chi connectivity index (χ4n) is 0.846. The van der Waals surface area contributed by atoms with Crippen LogP contribution in [-0.4, -0.2) is 60.9 Å². The van der Waals surface area contributed by atoms with E-state index in [0.29, 0.717) is 0 Å². The number of hydrogen-bond acceptors (Lipinski definition) is 10. The van der Waals surface area contributed by atoms with Crippen molar-refractivity contribution in [2.24, 2.45) is 5.41 Å². The maximum absolute atomic E-state index is 9.21. The molecule has 0 radical (unpaired) electrons. The summed E-state index contributed by atoms with van der Waals surface area (Å²) < 4.78 is 13.5. The Balaban J connectivity index is 4.49. The molecule has 0 aromatic rings. The van der Waals surface area contributed by atoms with Crippen molar-refractivity contribution in [3.63, 3.8) is 0 Å². The summed E-state index contributed by atoms with van der Waals surface area (Å²) in [6, 6.07) is 0. The lowest BCUT2D eigenvalue weighted by atomic mass is 9.93. The average molecular weight is 328 g/mol. The van der Waals surface area contributed by atoms with Crippen LogP contribution in [0, 0.1) is 5.41 Å². The molecule has 0 aliphatic rings. The Hall–Kier alpha value is 0.890. The van der Waals surface area contributed by atoms with Crippen LogP contribution in [0.25, 0.3) is 0 Å². The van der Waals surface area contributed by atoms with E-state index in [1.807, 2.05) is 0 Å². The van der Waals surface area contributed by atoms with Crippen molar-refractivity contribution < 1.29 is 48.0 Å². The van der Waals surface area contributed by atoms with Gasteiger partial charge in [0.15, 0.2) is 0 Å². The number of hydrogen-bond donors (Lipinski definition) is 7. The second kappa shape index (κ2) is 9.74. The monoisotopic (exact) mass is 328 g/mol. The molecule has 0 bridgehead atoms. The van der Waals surface area contributed by atoms with Gasteiger partial charge in [-0.05, 0) is 0 Å². The van der Waals surface area contributed by atoms with Crippen molar-refractivity contribution in [3.8, 4) is 0 Å². The van der Waals surface area contributed by atoms with Crippen LogP contribution in [0.2, 0.25) is 0 Å². The van der Waals surface area contributed by atoms with Gasteiger partial charge in [-0.2, -0.15) is 0 Å². The summed E-state index contributed by atoms with van der Waals surface area (Å²) in [4.78, 5) is 51.7. The molecule has 0 aliphatic carbocycles. The van der Waals surface area contributed by atoms with Gasteiger partial charge < -0.3 is 48.0 Å². The molecule has 7 N–H and O–H groups in total. The number of aliphatic hydroxyl groups is 1. The van der Waals surface area contributed by atoms with Crippen molar-refractivity contribution in [2.75, 3.05) is 26.4 Å². The van der Waals surface area contributed by atoms with E-state index in [4.69, 9.17) is 29.4 Å². The van der Waals surface area contributed by atoms with Crippen molar-refractivity contribution in [1.82, 2.24) is 0 Å². The molecule has 13 heteroatoms. The van der Waals surface area contributed by atoms with Crippen molar-refractivity contribution >= 4 is 25.8 Å². The smallest absolute Gasteiger partial charge is 0.327 e. The minimum Gasteiger partial charge on any atom is -0.396 e. The van der Waals surface area contributed by atoms with Crippen LogP contribution in [0.4, 0.5) is 0 Å². The van der Waals surface area contributed by atoms with Crippen LogP contribution >= 0.6 is 25.8 Å². The third-order valence-electron chi connectivity index (χ3n) is 1.79. The van der Waals surface area contributed by atoms with Crippen molar-refractivity contribution in [2.45, 2.75) is 0 Å². The highest BCUT2D eigenvalue weighted by Crippen LogP contribution is 2.36. The highest BCUT2D eigenvalue weighted by atomic mass is 31.2. The molecule has 0 heterocycles. The first-order valence-corrected chi connectivity index (χ1v) is 7.84.